The summed E-state index contributed by atoms with van der Waals surface area (Å²) in [4.78, 5) is 5.65. The Kier molecular flexibility index (Phi) is 3.87. The van der Waals surface area contributed by atoms with E-state index in [1.165, 1.54) is 4.88 Å². The Hall–Kier alpha value is -1.23. The highest BCUT2D eigenvalue weighted by Crippen LogP contribution is 2.27. The summed E-state index contributed by atoms with van der Waals surface area (Å²) in [6.07, 6.45) is 0.160. The fraction of sp³-hybridized carbons (Fsp3) is 0.188. The minimum atomic E-state index is -0.480. The molecule has 0 bridgehead atoms. The van der Waals surface area contributed by atoms with Gasteiger partial charge >= 0.3 is 0 Å². The van der Waals surface area contributed by atoms with Gasteiger partial charge in [0.25, 0.3) is 0 Å². The number of thiophene rings is 1. The van der Waals surface area contributed by atoms with Crippen molar-refractivity contribution < 1.29 is 5.11 Å². The topological polar surface area (TPSA) is 33.1 Å². The molecule has 2 aromatic heterocycles. The van der Waals surface area contributed by atoms with Gasteiger partial charge in [-0.05, 0) is 52.7 Å². The lowest BCUT2D eigenvalue weighted by Crippen LogP contribution is -2.00. The van der Waals surface area contributed by atoms with E-state index >= 15 is 0 Å². The van der Waals surface area contributed by atoms with Crippen molar-refractivity contribution in [2.75, 3.05) is 0 Å². The molecule has 0 saturated carbocycles. The number of hydrogen-bond donors (Lipinski definition) is 1. The molecule has 0 aliphatic carbocycles. The maximum Gasteiger partial charge on any atom is 0.0838 e. The molecule has 1 unspecified atom stereocenters. The molecule has 0 amide bonds. The number of halogens is 1. The molecule has 1 aromatic carbocycles. The molecule has 3 aromatic rings. The first kappa shape index (κ1) is 13.7. The predicted octanol–water partition coefficient (Wildman–Crippen LogP) is 4.64. The molecule has 0 spiro atoms. The number of rotatable bonds is 3. The van der Waals surface area contributed by atoms with Crippen LogP contribution in [0.15, 0.2) is 46.3 Å². The quantitative estimate of drug-likeness (QED) is 0.748. The van der Waals surface area contributed by atoms with Gasteiger partial charge in [0.2, 0.25) is 0 Å². The molecule has 2 nitrogen and oxygen atoms in total. The molecule has 1 N–H and O–H groups in total. The first-order chi connectivity index (χ1) is 9.61. The van der Waals surface area contributed by atoms with Gasteiger partial charge in [0, 0.05) is 32.2 Å². The van der Waals surface area contributed by atoms with Crippen LogP contribution in [0.1, 0.15) is 22.2 Å². The van der Waals surface area contributed by atoms with Crippen molar-refractivity contribution in [3.8, 4) is 0 Å². The summed E-state index contributed by atoms with van der Waals surface area (Å²) in [5.74, 6) is 0. The van der Waals surface area contributed by atoms with Crippen molar-refractivity contribution in [3.63, 3.8) is 0 Å². The minimum absolute atomic E-state index is 0.480. The Labute approximate surface area is 130 Å². The van der Waals surface area contributed by atoms with Gasteiger partial charge in [0.15, 0.2) is 0 Å². The lowest BCUT2D eigenvalue weighted by molar-refractivity contribution is 0.179. The monoisotopic (exact) mass is 347 g/mol. The van der Waals surface area contributed by atoms with Crippen LogP contribution in [-0.4, -0.2) is 10.1 Å². The van der Waals surface area contributed by atoms with Crippen LogP contribution in [0.25, 0.3) is 10.9 Å². The maximum atomic E-state index is 10.4. The zero-order valence-corrected chi connectivity index (χ0v) is 13.4. The van der Waals surface area contributed by atoms with Crippen molar-refractivity contribution in [1.29, 1.82) is 0 Å². The Bertz CT molecular complexity index is 753. The number of pyridine rings is 1. The summed E-state index contributed by atoms with van der Waals surface area (Å²) in [6, 6.07) is 12.1. The normalized spacial score (nSPS) is 12.8. The van der Waals surface area contributed by atoms with Crippen LogP contribution in [-0.2, 0) is 6.42 Å². The molecule has 0 radical (unpaired) electrons. The number of aliphatic hydroxyl groups is 1. The standard InChI is InChI=1S/C16H14BrNOS/c1-10-2-3-11-6-12(4-5-15(11)18-10)16(19)8-14-7-13(17)9-20-14/h2-7,9,16,19H,8H2,1H3. The fourth-order valence-electron chi connectivity index (χ4n) is 2.22. The summed E-state index contributed by atoms with van der Waals surface area (Å²) in [5, 5.41) is 13.5. The zero-order chi connectivity index (χ0) is 14.1. The van der Waals surface area contributed by atoms with Crippen LogP contribution in [0, 0.1) is 6.92 Å². The second-order valence-corrected chi connectivity index (χ2v) is 6.77. The van der Waals surface area contributed by atoms with Gasteiger partial charge in [-0.3, -0.25) is 4.98 Å². The third kappa shape index (κ3) is 2.92. The Morgan fingerprint density at radius 2 is 2.10 bits per heavy atom. The molecule has 4 heteroatoms. The highest BCUT2D eigenvalue weighted by molar-refractivity contribution is 9.10. The van der Waals surface area contributed by atoms with E-state index in [0.29, 0.717) is 6.42 Å². The highest BCUT2D eigenvalue weighted by atomic mass is 79.9. The predicted molar refractivity (Wildman–Crippen MR) is 87.2 cm³/mol. The molecular weight excluding hydrogens is 334 g/mol. The van der Waals surface area contributed by atoms with Gasteiger partial charge in [0.1, 0.15) is 0 Å². The summed E-state index contributed by atoms with van der Waals surface area (Å²) >= 11 is 5.10. The van der Waals surface area contributed by atoms with Crippen LogP contribution < -0.4 is 0 Å². The number of fused-ring (bicyclic) bond motifs is 1. The van der Waals surface area contributed by atoms with Crippen molar-refractivity contribution in [2.45, 2.75) is 19.4 Å². The van der Waals surface area contributed by atoms with E-state index in [1.54, 1.807) is 11.3 Å². The largest absolute Gasteiger partial charge is 0.388 e. The molecule has 0 aliphatic rings. The van der Waals surface area contributed by atoms with Gasteiger partial charge in [-0.25, -0.2) is 0 Å². The van der Waals surface area contributed by atoms with Gasteiger partial charge in [-0.1, -0.05) is 12.1 Å². The number of aliphatic hydroxyl groups excluding tert-OH is 1. The van der Waals surface area contributed by atoms with Crippen molar-refractivity contribution in [3.05, 3.63) is 62.4 Å². The summed E-state index contributed by atoms with van der Waals surface area (Å²) in [5.41, 5.74) is 2.92. The van der Waals surface area contributed by atoms with E-state index in [4.69, 9.17) is 0 Å². The van der Waals surface area contributed by atoms with E-state index in [1.807, 2.05) is 36.6 Å². The number of hydrogen-bond acceptors (Lipinski definition) is 3. The second kappa shape index (κ2) is 5.64. The third-order valence-electron chi connectivity index (χ3n) is 3.25. The van der Waals surface area contributed by atoms with Crippen molar-refractivity contribution in [2.24, 2.45) is 0 Å². The van der Waals surface area contributed by atoms with Crippen LogP contribution >= 0.6 is 27.3 Å². The SMILES string of the molecule is Cc1ccc2cc(C(O)Cc3cc(Br)cs3)ccc2n1. The lowest BCUT2D eigenvalue weighted by atomic mass is 10.0. The fourth-order valence-corrected chi connectivity index (χ4v) is 3.71. The Morgan fingerprint density at radius 1 is 1.25 bits per heavy atom. The number of nitrogens with zero attached hydrogens (tertiary/aromatic N) is 1. The van der Waals surface area contributed by atoms with Gasteiger partial charge in [-0.2, -0.15) is 0 Å². The first-order valence-electron chi connectivity index (χ1n) is 6.40. The van der Waals surface area contributed by atoms with Gasteiger partial charge in [0.05, 0.1) is 11.6 Å². The van der Waals surface area contributed by atoms with Crippen LogP contribution in [0.3, 0.4) is 0 Å². The van der Waals surface area contributed by atoms with Gasteiger partial charge in [-0.15, -0.1) is 11.3 Å². The maximum absolute atomic E-state index is 10.4. The van der Waals surface area contributed by atoms with E-state index in [-0.39, 0.29) is 0 Å². The highest BCUT2D eigenvalue weighted by Gasteiger charge is 2.11. The average molecular weight is 348 g/mol. The number of aryl methyl sites for hydroxylation is 1. The molecule has 0 aliphatic heterocycles. The van der Waals surface area contributed by atoms with Crippen LogP contribution in [0.2, 0.25) is 0 Å². The van der Waals surface area contributed by atoms with E-state index in [2.05, 4.69) is 33.0 Å². The molecule has 1 atom stereocenters. The summed E-state index contributed by atoms with van der Waals surface area (Å²) in [7, 11) is 0. The summed E-state index contributed by atoms with van der Waals surface area (Å²) in [6.45, 7) is 1.98. The van der Waals surface area contributed by atoms with Crippen LogP contribution in [0.4, 0.5) is 0 Å². The molecule has 102 valence electrons. The number of benzene rings is 1. The first-order valence-corrected chi connectivity index (χ1v) is 8.07. The van der Waals surface area contributed by atoms with Crippen molar-refractivity contribution >= 4 is 38.2 Å². The number of aromatic nitrogens is 1. The molecule has 0 fully saturated rings. The van der Waals surface area contributed by atoms with E-state index in [0.717, 1.165) is 26.6 Å². The molecular formula is C16H14BrNOS. The van der Waals surface area contributed by atoms with Crippen molar-refractivity contribution in [1.82, 2.24) is 4.98 Å². The second-order valence-electron chi connectivity index (χ2n) is 4.86. The molecule has 3 rings (SSSR count). The zero-order valence-electron chi connectivity index (χ0n) is 11.0. The summed E-state index contributed by atoms with van der Waals surface area (Å²) < 4.78 is 1.07. The van der Waals surface area contributed by atoms with E-state index < -0.39 is 6.10 Å². The molecule has 0 saturated heterocycles. The average Bonchev–Trinajstić information content (AvgIpc) is 2.83. The minimum Gasteiger partial charge on any atom is -0.388 e. The molecule has 2 heterocycles. The Morgan fingerprint density at radius 3 is 2.85 bits per heavy atom. The lowest BCUT2D eigenvalue weighted by Gasteiger charge is -2.11. The van der Waals surface area contributed by atoms with Crippen LogP contribution in [0.5, 0.6) is 0 Å². The smallest absolute Gasteiger partial charge is 0.0838 e. The third-order valence-corrected chi connectivity index (χ3v) is 4.97. The Balaban J connectivity index is 1.87. The molecule has 20 heavy (non-hydrogen) atoms. The van der Waals surface area contributed by atoms with Gasteiger partial charge < -0.3 is 5.11 Å². The van der Waals surface area contributed by atoms with E-state index in [9.17, 15) is 5.11 Å².